The van der Waals surface area contributed by atoms with Gasteiger partial charge in [-0.05, 0) is 29.7 Å². The SMILES string of the molecule is [2H]N1C(=O)C(N2Cc3c(OCc4ccc(CN5CCOCC5=O)cc4)cccc3C2=O)CC([2H])([2H])C1=O. The summed E-state index contributed by atoms with van der Waals surface area (Å²) in [6.07, 6.45) is -2.92. The van der Waals surface area contributed by atoms with Crippen molar-refractivity contribution in [3.05, 3.63) is 64.7 Å². The van der Waals surface area contributed by atoms with E-state index in [1.807, 2.05) is 24.3 Å². The summed E-state index contributed by atoms with van der Waals surface area (Å²) in [5.41, 5.74) is 2.77. The topological polar surface area (TPSA) is 105 Å². The average Bonchev–Trinajstić information content (AvgIpc) is 3.23. The minimum absolute atomic E-state index is 0.00533. The van der Waals surface area contributed by atoms with E-state index in [0.29, 0.717) is 36.6 Å². The number of piperidine rings is 1. The maximum absolute atomic E-state index is 13.1. The molecule has 2 fully saturated rings. The van der Waals surface area contributed by atoms with E-state index < -0.39 is 36.6 Å². The molecule has 4 amide bonds. The largest absolute Gasteiger partial charge is 0.489 e. The minimum Gasteiger partial charge on any atom is -0.489 e. The van der Waals surface area contributed by atoms with Gasteiger partial charge in [-0.2, -0.15) is 0 Å². The van der Waals surface area contributed by atoms with E-state index in [1.165, 1.54) is 4.90 Å². The Morgan fingerprint density at radius 2 is 1.91 bits per heavy atom. The van der Waals surface area contributed by atoms with Crippen molar-refractivity contribution in [3.8, 4) is 5.75 Å². The molecule has 3 aliphatic heterocycles. The first-order chi connectivity index (χ1) is 17.7. The molecule has 0 saturated carbocycles. The summed E-state index contributed by atoms with van der Waals surface area (Å²) in [5, 5.41) is 0.0144. The summed E-state index contributed by atoms with van der Waals surface area (Å²) in [6, 6.07) is 11.4. The van der Waals surface area contributed by atoms with Crippen LogP contribution in [-0.4, -0.2) is 59.2 Å². The van der Waals surface area contributed by atoms with Gasteiger partial charge in [0.2, 0.25) is 17.7 Å². The first kappa shape index (κ1) is 18.7. The number of nitrogens with zero attached hydrogens (tertiary/aromatic N) is 2. The fraction of sp³-hybridized carbons (Fsp3) is 0.360. The predicted octanol–water partition coefficient (Wildman–Crippen LogP) is 1.39. The summed E-state index contributed by atoms with van der Waals surface area (Å²) in [5.74, 6) is -2.21. The molecular weight excluding hydrogens is 438 g/mol. The Balaban J connectivity index is 1.26. The third-order valence-electron chi connectivity index (χ3n) is 6.15. The molecule has 3 aliphatic rings. The average molecular weight is 467 g/mol. The predicted molar refractivity (Wildman–Crippen MR) is 119 cm³/mol. The number of imide groups is 1. The van der Waals surface area contributed by atoms with E-state index in [1.54, 1.807) is 23.1 Å². The van der Waals surface area contributed by atoms with Gasteiger partial charge >= 0.3 is 0 Å². The number of ether oxygens (including phenoxy) is 2. The second-order valence-electron chi connectivity index (χ2n) is 8.34. The fourth-order valence-electron chi connectivity index (χ4n) is 4.28. The molecular formula is C25H25N3O6. The maximum Gasteiger partial charge on any atom is 0.255 e. The molecule has 1 unspecified atom stereocenters. The van der Waals surface area contributed by atoms with Crippen LogP contribution < -0.4 is 10.0 Å². The minimum atomic E-state index is -2.42. The number of fused-ring (bicyclic) bond motifs is 1. The van der Waals surface area contributed by atoms with Crippen LogP contribution in [0.25, 0.3) is 0 Å². The van der Waals surface area contributed by atoms with Crippen LogP contribution in [0.3, 0.4) is 0 Å². The van der Waals surface area contributed by atoms with E-state index in [4.69, 9.17) is 13.6 Å². The van der Waals surface area contributed by atoms with Crippen LogP contribution in [0.5, 0.6) is 5.75 Å². The molecule has 0 radical (unpaired) electrons. The molecule has 9 nitrogen and oxygen atoms in total. The molecule has 1 N–H and O–H groups in total. The fourth-order valence-corrected chi connectivity index (χ4v) is 4.28. The monoisotopic (exact) mass is 466 g/mol. The molecule has 2 aromatic rings. The molecule has 2 saturated heterocycles. The van der Waals surface area contributed by atoms with Crippen LogP contribution in [0.2, 0.25) is 1.41 Å². The number of amides is 4. The Kier molecular flexibility index (Phi) is 5.09. The first-order valence-electron chi connectivity index (χ1n) is 12.5. The number of nitrogens with one attached hydrogen (secondary N) is 1. The number of rotatable bonds is 6. The molecule has 34 heavy (non-hydrogen) atoms. The van der Waals surface area contributed by atoms with Gasteiger partial charge in [0.15, 0.2) is 1.41 Å². The van der Waals surface area contributed by atoms with Crippen LogP contribution in [0.4, 0.5) is 0 Å². The number of morpholine rings is 1. The molecule has 9 heteroatoms. The van der Waals surface area contributed by atoms with Crippen molar-refractivity contribution in [1.29, 1.82) is 0 Å². The van der Waals surface area contributed by atoms with Crippen molar-refractivity contribution in [2.45, 2.75) is 38.5 Å². The summed E-state index contributed by atoms with van der Waals surface area (Å²) >= 11 is 0. The lowest BCUT2D eigenvalue weighted by Crippen LogP contribution is -2.52. The standard InChI is InChI=1S/C25H25N3O6/c29-22-9-8-20(24(31)26-22)28-13-19-18(25(28)32)2-1-3-21(19)34-14-17-6-4-16(5-7-17)12-27-10-11-33-15-23(27)30/h1-7,20H,8-15H2,(H,26,29,31)/i9D2/hD. The lowest BCUT2D eigenvalue weighted by atomic mass is 10.0. The Morgan fingerprint density at radius 3 is 2.71 bits per heavy atom. The highest BCUT2D eigenvalue weighted by Gasteiger charge is 2.40. The van der Waals surface area contributed by atoms with Gasteiger partial charge in [-0.25, -0.2) is 0 Å². The van der Waals surface area contributed by atoms with Gasteiger partial charge in [-0.15, -0.1) is 0 Å². The Bertz CT molecular complexity index is 1270. The third-order valence-corrected chi connectivity index (χ3v) is 6.15. The Hall–Kier alpha value is -3.72. The van der Waals surface area contributed by atoms with Gasteiger partial charge in [-0.3, -0.25) is 24.5 Å². The van der Waals surface area contributed by atoms with E-state index in [-0.39, 0.29) is 31.0 Å². The quantitative estimate of drug-likeness (QED) is 0.645. The Labute approximate surface area is 200 Å². The van der Waals surface area contributed by atoms with Crippen LogP contribution in [-0.2, 0) is 38.8 Å². The van der Waals surface area contributed by atoms with Crippen molar-refractivity contribution in [2.24, 2.45) is 0 Å². The van der Waals surface area contributed by atoms with Crippen LogP contribution in [0, 0.1) is 0 Å². The normalized spacial score (nSPS) is 23.5. The van der Waals surface area contributed by atoms with Crippen molar-refractivity contribution in [3.63, 3.8) is 0 Å². The zero-order chi connectivity index (χ0) is 26.3. The third kappa shape index (κ3) is 4.38. The maximum atomic E-state index is 13.1. The van der Waals surface area contributed by atoms with Gasteiger partial charge in [-0.1, -0.05) is 30.3 Å². The first-order valence-corrected chi connectivity index (χ1v) is 11.0. The van der Waals surface area contributed by atoms with Gasteiger partial charge in [0.25, 0.3) is 5.91 Å². The smallest absolute Gasteiger partial charge is 0.255 e. The van der Waals surface area contributed by atoms with Gasteiger partial charge in [0.05, 0.1) is 13.2 Å². The molecule has 2 aromatic carbocycles. The van der Waals surface area contributed by atoms with Crippen molar-refractivity contribution >= 4 is 23.6 Å². The number of carbonyl (C=O) groups is 4. The zero-order valence-electron chi connectivity index (χ0n) is 21.4. The van der Waals surface area contributed by atoms with E-state index in [2.05, 4.69) is 0 Å². The second kappa shape index (κ2) is 9.26. The van der Waals surface area contributed by atoms with Crippen molar-refractivity contribution in [1.82, 2.24) is 15.1 Å². The molecule has 5 rings (SSSR count). The molecule has 0 aromatic heterocycles. The van der Waals surface area contributed by atoms with E-state index in [9.17, 15) is 19.2 Å². The van der Waals surface area contributed by atoms with Gasteiger partial charge in [0, 0.05) is 33.3 Å². The summed E-state index contributed by atoms with van der Waals surface area (Å²) in [6.45, 7) is 1.93. The molecule has 3 heterocycles. The molecule has 0 bridgehead atoms. The molecule has 0 aliphatic carbocycles. The van der Waals surface area contributed by atoms with Gasteiger partial charge in [0.1, 0.15) is 25.0 Å². The highest BCUT2D eigenvalue weighted by Crippen LogP contribution is 2.34. The number of benzene rings is 2. The molecule has 1 atom stereocenters. The van der Waals surface area contributed by atoms with Crippen LogP contribution in [0.1, 0.15) is 42.6 Å². The lowest BCUT2D eigenvalue weighted by Gasteiger charge is -2.29. The second-order valence-corrected chi connectivity index (χ2v) is 8.34. The highest BCUT2D eigenvalue weighted by molar-refractivity contribution is 6.05. The molecule has 176 valence electrons. The summed E-state index contributed by atoms with van der Waals surface area (Å²) < 4.78 is 34.6. The number of hydrogen-bond acceptors (Lipinski definition) is 6. The van der Waals surface area contributed by atoms with Crippen LogP contribution >= 0.6 is 0 Å². The zero-order valence-corrected chi connectivity index (χ0v) is 18.4. The van der Waals surface area contributed by atoms with Gasteiger partial charge < -0.3 is 19.3 Å². The number of hydrogen-bond donors (Lipinski definition) is 1. The summed E-state index contributed by atoms with van der Waals surface area (Å²) in [4.78, 5) is 52.5. The van der Waals surface area contributed by atoms with Crippen molar-refractivity contribution in [2.75, 3.05) is 19.8 Å². The number of carbonyl (C=O) groups excluding carboxylic acids is 4. The Morgan fingerprint density at radius 1 is 1.12 bits per heavy atom. The van der Waals surface area contributed by atoms with Crippen molar-refractivity contribution < 1.29 is 32.8 Å². The highest BCUT2D eigenvalue weighted by atomic mass is 16.5. The van der Waals surface area contributed by atoms with E-state index >= 15 is 0 Å². The van der Waals surface area contributed by atoms with E-state index in [0.717, 1.165) is 11.1 Å². The summed E-state index contributed by atoms with van der Waals surface area (Å²) in [7, 11) is 0. The molecule has 0 spiro atoms. The van der Waals surface area contributed by atoms with Crippen LogP contribution in [0.15, 0.2) is 42.5 Å². The lowest BCUT2D eigenvalue weighted by molar-refractivity contribution is -0.143.